The van der Waals surface area contributed by atoms with Gasteiger partial charge in [0.25, 0.3) is 5.91 Å². The Kier molecular flexibility index (Phi) is 5.34. The first kappa shape index (κ1) is 18.1. The van der Waals surface area contributed by atoms with Crippen molar-refractivity contribution in [2.24, 2.45) is 0 Å². The fraction of sp³-hybridized carbons (Fsp3) is 0.222. The van der Waals surface area contributed by atoms with E-state index in [-0.39, 0.29) is 17.3 Å². The fourth-order valence-electron chi connectivity index (χ4n) is 2.45. The van der Waals surface area contributed by atoms with Gasteiger partial charge in [0.2, 0.25) is 10.0 Å². The maximum absolute atomic E-state index is 12.2. The van der Waals surface area contributed by atoms with E-state index in [1.165, 1.54) is 0 Å². The molecule has 136 valence electrons. The van der Waals surface area contributed by atoms with Crippen molar-refractivity contribution in [2.75, 3.05) is 13.1 Å². The molecule has 0 spiro atoms. The Labute approximate surface area is 152 Å². The lowest BCUT2D eigenvalue weighted by molar-refractivity contribution is 0.0953. The second-order valence-electron chi connectivity index (χ2n) is 5.93. The molecule has 8 heteroatoms. The minimum absolute atomic E-state index is 0.206. The number of nitrogens with zero attached hydrogens (tertiary/aromatic N) is 2. The van der Waals surface area contributed by atoms with E-state index >= 15 is 0 Å². The molecule has 0 saturated carbocycles. The molecule has 2 N–H and O–H groups in total. The van der Waals surface area contributed by atoms with Crippen LogP contribution < -0.4 is 10.0 Å². The summed E-state index contributed by atoms with van der Waals surface area (Å²) in [5, 5.41) is 2.78. The van der Waals surface area contributed by atoms with Gasteiger partial charge in [0.15, 0.2) is 0 Å². The summed E-state index contributed by atoms with van der Waals surface area (Å²) in [6, 6.07) is 10.1. The van der Waals surface area contributed by atoms with Gasteiger partial charge in [-0.15, -0.1) is 0 Å². The Morgan fingerprint density at radius 1 is 1.12 bits per heavy atom. The second kappa shape index (κ2) is 7.67. The van der Waals surface area contributed by atoms with Crippen LogP contribution in [-0.4, -0.2) is 36.8 Å². The van der Waals surface area contributed by atoms with E-state index in [9.17, 15) is 13.2 Å². The summed E-state index contributed by atoms with van der Waals surface area (Å²) in [5.41, 5.74) is 2.29. The summed E-state index contributed by atoms with van der Waals surface area (Å²) in [4.78, 5) is 16.5. The van der Waals surface area contributed by atoms with Crippen LogP contribution in [0.5, 0.6) is 0 Å². The summed E-state index contributed by atoms with van der Waals surface area (Å²) in [6.45, 7) is 2.52. The molecular weight excluding hydrogens is 352 g/mol. The highest BCUT2D eigenvalue weighted by Gasteiger charge is 2.12. The van der Waals surface area contributed by atoms with Crippen LogP contribution in [0, 0.1) is 6.92 Å². The highest BCUT2D eigenvalue weighted by molar-refractivity contribution is 7.89. The zero-order valence-electron chi connectivity index (χ0n) is 14.3. The number of aryl methyl sites for hydroxylation is 1. The van der Waals surface area contributed by atoms with Crippen molar-refractivity contribution in [1.29, 1.82) is 0 Å². The minimum Gasteiger partial charge on any atom is -0.352 e. The van der Waals surface area contributed by atoms with E-state index < -0.39 is 10.0 Å². The molecule has 0 radical (unpaired) electrons. The number of aromatic nitrogens is 2. The molecule has 0 aliphatic heterocycles. The van der Waals surface area contributed by atoms with E-state index in [0.717, 1.165) is 11.2 Å². The molecule has 1 amide bonds. The van der Waals surface area contributed by atoms with Gasteiger partial charge in [-0.2, -0.15) is 0 Å². The van der Waals surface area contributed by atoms with Crippen LogP contribution >= 0.6 is 0 Å². The van der Waals surface area contributed by atoms with Gasteiger partial charge in [-0.25, -0.2) is 18.1 Å². The van der Waals surface area contributed by atoms with E-state index in [2.05, 4.69) is 15.0 Å². The molecule has 0 aliphatic carbocycles. The van der Waals surface area contributed by atoms with Crippen molar-refractivity contribution in [3.63, 3.8) is 0 Å². The van der Waals surface area contributed by atoms with Gasteiger partial charge in [-0.1, -0.05) is 17.7 Å². The SMILES string of the molecule is Cc1ccc(S(=O)(=O)NCCCNC(=O)c2ccc3nccn3c2)cc1. The monoisotopic (exact) mass is 372 g/mol. The van der Waals surface area contributed by atoms with E-state index in [1.54, 1.807) is 59.4 Å². The van der Waals surface area contributed by atoms with Gasteiger partial charge in [0.1, 0.15) is 5.65 Å². The first-order valence-corrected chi connectivity index (χ1v) is 9.71. The minimum atomic E-state index is -3.52. The van der Waals surface area contributed by atoms with Gasteiger partial charge in [0, 0.05) is 31.7 Å². The predicted molar refractivity (Wildman–Crippen MR) is 98.5 cm³/mol. The molecule has 0 aliphatic rings. The highest BCUT2D eigenvalue weighted by Crippen LogP contribution is 2.09. The maximum Gasteiger partial charge on any atom is 0.252 e. The third-order valence-corrected chi connectivity index (χ3v) is 5.39. The second-order valence-corrected chi connectivity index (χ2v) is 7.70. The van der Waals surface area contributed by atoms with Crippen molar-refractivity contribution in [1.82, 2.24) is 19.4 Å². The number of carbonyl (C=O) groups is 1. The highest BCUT2D eigenvalue weighted by atomic mass is 32.2. The van der Waals surface area contributed by atoms with Crippen LogP contribution in [0.1, 0.15) is 22.3 Å². The number of hydrogen-bond acceptors (Lipinski definition) is 4. The van der Waals surface area contributed by atoms with Crippen LogP contribution in [0.2, 0.25) is 0 Å². The Morgan fingerprint density at radius 2 is 1.88 bits per heavy atom. The molecule has 2 aromatic heterocycles. The normalized spacial score (nSPS) is 11.6. The van der Waals surface area contributed by atoms with Crippen molar-refractivity contribution >= 4 is 21.6 Å². The van der Waals surface area contributed by atoms with E-state index in [4.69, 9.17) is 0 Å². The number of pyridine rings is 1. The molecule has 26 heavy (non-hydrogen) atoms. The average molecular weight is 372 g/mol. The van der Waals surface area contributed by atoms with Gasteiger partial charge in [-0.05, 0) is 37.6 Å². The Morgan fingerprint density at radius 3 is 2.65 bits per heavy atom. The summed E-state index contributed by atoms with van der Waals surface area (Å²) in [5.74, 6) is -0.206. The van der Waals surface area contributed by atoms with E-state index in [1.807, 2.05) is 6.92 Å². The van der Waals surface area contributed by atoms with Crippen molar-refractivity contribution in [3.05, 3.63) is 66.1 Å². The fourth-order valence-corrected chi connectivity index (χ4v) is 3.53. The third-order valence-electron chi connectivity index (χ3n) is 3.91. The van der Waals surface area contributed by atoms with Gasteiger partial charge >= 0.3 is 0 Å². The lowest BCUT2D eigenvalue weighted by atomic mass is 10.2. The summed E-state index contributed by atoms with van der Waals surface area (Å²) in [7, 11) is -3.52. The number of fused-ring (bicyclic) bond motifs is 1. The number of sulfonamides is 1. The van der Waals surface area contributed by atoms with Crippen molar-refractivity contribution < 1.29 is 13.2 Å². The molecule has 0 fully saturated rings. The standard InChI is InChI=1S/C18H20N4O3S/c1-14-3-6-16(7-4-14)26(24,25)21-10-2-9-20-18(23)15-5-8-17-19-11-12-22(17)13-15/h3-8,11-13,21H,2,9-10H2,1H3,(H,20,23). The number of benzene rings is 1. The Hall–Kier alpha value is -2.71. The lowest BCUT2D eigenvalue weighted by Gasteiger charge is -2.08. The first-order chi connectivity index (χ1) is 12.5. The van der Waals surface area contributed by atoms with Crippen molar-refractivity contribution in [2.45, 2.75) is 18.2 Å². The molecule has 2 heterocycles. The molecular formula is C18H20N4O3S. The molecule has 0 bridgehead atoms. The smallest absolute Gasteiger partial charge is 0.252 e. The zero-order chi connectivity index (χ0) is 18.6. The number of hydrogen-bond donors (Lipinski definition) is 2. The van der Waals surface area contributed by atoms with Crippen LogP contribution in [0.4, 0.5) is 0 Å². The van der Waals surface area contributed by atoms with Gasteiger partial charge in [-0.3, -0.25) is 4.79 Å². The van der Waals surface area contributed by atoms with Crippen molar-refractivity contribution in [3.8, 4) is 0 Å². The zero-order valence-corrected chi connectivity index (χ0v) is 15.2. The maximum atomic E-state index is 12.2. The molecule has 0 atom stereocenters. The van der Waals surface area contributed by atoms with Gasteiger partial charge < -0.3 is 9.72 Å². The first-order valence-electron chi connectivity index (χ1n) is 8.23. The molecule has 0 unspecified atom stereocenters. The van der Waals surface area contributed by atoms with Crippen LogP contribution in [0.3, 0.4) is 0 Å². The molecule has 0 saturated heterocycles. The summed E-state index contributed by atoms with van der Waals surface area (Å²) < 4.78 is 28.6. The number of imidazole rings is 1. The number of carbonyl (C=O) groups excluding carboxylic acids is 1. The summed E-state index contributed by atoms with van der Waals surface area (Å²) in [6.07, 6.45) is 5.63. The molecule has 1 aromatic carbocycles. The topological polar surface area (TPSA) is 92.6 Å². The average Bonchev–Trinajstić information content (AvgIpc) is 3.09. The third kappa shape index (κ3) is 4.27. The summed E-state index contributed by atoms with van der Waals surface area (Å²) >= 11 is 0. The Bertz CT molecular complexity index is 1010. The molecule has 3 aromatic rings. The van der Waals surface area contributed by atoms with Gasteiger partial charge in [0.05, 0.1) is 10.5 Å². The van der Waals surface area contributed by atoms with Crippen LogP contribution in [-0.2, 0) is 10.0 Å². The lowest BCUT2D eigenvalue weighted by Crippen LogP contribution is -2.30. The van der Waals surface area contributed by atoms with Crippen LogP contribution in [0.25, 0.3) is 5.65 Å². The van der Waals surface area contributed by atoms with E-state index in [0.29, 0.717) is 18.5 Å². The number of nitrogens with one attached hydrogen (secondary N) is 2. The largest absolute Gasteiger partial charge is 0.352 e. The predicted octanol–water partition coefficient (Wildman–Crippen LogP) is 1.74. The number of amides is 1. The molecule has 7 nitrogen and oxygen atoms in total. The van der Waals surface area contributed by atoms with Crippen LogP contribution in [0.15, 0.2) is 59.9 Å². The number of rotatable bonds is 7. The quantitative estimate of drug-likeness (QED) is 0.618. The Balaban J connectivity index is 1.46. The molecule has 3 rings (SSSR count).